The van der Waals surface area contributed by atoms with Crippen molar-refractivity contribution >= 4 is 28.4 Å². The maximum atomic E-state index is 13.7. The van der Waals surface area contributed by atoms with Crippen LogP contribution in [0.5, 0.6) is 5.75 Å². The Morgan fingerprint density at radius 2 is 1.78 bits per heavy atom. The van der Waals surface area contributed by atoms with Crippen molar-refractivity contribution in [2.45, 2.75) is 26.8 Å². The molecule has 0 spiro atoms. The number of ether oxygens (including phenoxy) is 1. The maximum absolute atomic E-state index is 13.7. The lowest BCUT2D eigenvalue weighted by atomic mass is 10.1. The molecule has 2 aromatic heterocycles. The van der Waals surface area contributed by atoms with Crippen LogP contribution in [0, 0.1) is 19.7 Å². The fourth-order valence-electron chi connectivity index (χ4n) is 3.70. The Kier molecular flexibility index (Phi) is 6.35. The molecule has 0 saturated heterocycles. The van der Waals surface area contributed by atoms with Gasteiger partial charge in [0, 0.05) is 11.5 Å². The number of rotatable bonds is 6. The Morgan fingerprint density at radius 3 is 2.42 bits per heavy atom. The van der Waals surface area contributed by atoms with E-state index in [9.17, 15) is 27.2 Å². The number of nitrogens with two attached hydrogens (primary N) is 1. The van der Waals surface area contributed by atoms with Crippen molar-refractivity contribution in [1.29, 1.82) is 0 Å². The second-order valence-electron chi connectivity index (χ2n) is 7.93. The molecule has 0 saturated carbocycles. The molecule has 2 aromatic carbocycles. The number of anilines is 1. The summed E-state index contributed by atoms with van der Waals surface area (Å²) in [6.45, 7) is 3.61. The van der Waals surface area contributed by atoms with Gasteiger partial charge in [0.1, 0.15) is 17.3 Å². The molecular formula is C24H19F4N5O3. The average molecular weight is 501 g/mol. The predicted molar refractivity (Wildman–Crippen MR) is 122 cm³/mol. The van der Waals surface area contributed by atoms with E-state index in [0.717, 1.165) is 6.07 Å². The highest BCUT2D eigenvalue weighted by Crippen LogP contribution is 2.26. The van der Waals surface area contributed by atoms with Crippen LogP contribution in [0.2, 0.25) is 0 Å². The van der Waals surface area contributed by atoms with Gasteiger partial charge in [0.25, 0.3) is 11.8 Å². The van der Waals surface area contributed by atoms with Gasteiger partial charge in [0.15, 0.2) is 0 Å². The van der Waals surface area contributed by atoms with Gasteiger partial charge in [-0.25, -0.2) is 9.37 Å². The maximum Gasteiger partial charge on any atom is 0.573 e. The third-order valence-corrected chi connectivity index (χ3v) is 5.38. The molecule has 186 valence electrons. The van der Waals surface area contributed by atoms with E-state index in [1.54, 1.807) is 18.5 Å². The SMILES string of the molecule is Cc1nn(Cc2ccc(OC(F)(F)F)cc2)c(C)c1NC(=O)c1cc(C(N)=O)nc2cc(F)ccc12. The lowest BCUT2D eigenvalue weighted by Gasteiger charge is -2.11. The molecular weight excluding hydrogens is 482 g/mol. The Hall–Kier alpha value is -4.48. The molecule has 0 fully saturated rings. The van der Waals surface area contributed by atoms with Crippen LogP contribution in [-0.2, 0) is 6.54 Å². The van der Waals surface area contributed by atoms with Crippen molar-refractivity contribution in [3.05, 3.63) is 82.6 Å². The molecule has 0 aliphatic carbocycles. The summed E-state index contributed by atoms with van der Waals surface area (Å²) in [5, 5.41) is 7.50. The summed E-state index contributed by atoms with van der Waals surface area (Å²) in [6, 6.07) is 10.2. The van der Waals surface area contributed by atoms with Gasteiger partial charge < -0.3 is 15.8 Å². The van der Waals surface area contributed by atoms with Gasteiger partial charge in [-0.15, -0.1) is 13.2 Å². The minimum atomic E-state index is -4.78. The number of pyridine rings is 1. The van der Waals surface area contributed by atoms with Gasteiger partial charge in [0.2, 0.25) is 0 Å². The monoisotopic (exact) mass is 501 g/mol. The first-order valence-electron chi connectivity index (χ1n) is 10.5. The number of hydrogen-bond acceptors (Lipinski definition) is 5. The van der Waals surface area contributed by atoms with Crippen LogP contribution in [0.4, 0.5) is 23.2 Å². The number of aromatic nitrogens is 3. The molecule has 0 aliphatic heterocycles. The molecule has 0 atom stereocenters. The highest BCUT2D eigenvalue weighted by atomic mass is 19.4. The Balaban J connectivity index is 1.60. The molecule has 0 bridgehead atoms. The molecule has 36 heavy (non-hydrogen) atoms. The number of nitrogens with zero attached hydrogens (tertiary/aromatic N) is 3. The first kappa shape index (κ1) is 24.6. The standard InChI is InChI=1S/C24H19F4N5O3/c1-12-21(13(2)33(32-12)11-14-3-6-16(7-4-14)36-24(26,27)28)31-23(35)18-10-20(22(29)34)30-19-9-15(25)5-8-17(18)19/h3-10H,11H2,1-2H3,(H2,29,34)(H,31,35). The molecule has 0 radical (unpaired) electrons. The van der Waals surface area contributed by atoms with E-state index >= 15 is 0 Å². The molecule has 4 aromatic rings. The van der Waals surface area contributed by atoms with Crippen LogP contribution in [0.25, 0.3) is 10.9 Å². The van der Waals surface area contributed by atoms with E-state index in [1.165, 1.54) is 42.5 Å². The zero-order valence-electron chi connectivity index (χ0n) is 19.0. The molecule has 8 nitrogen and oxygen atoms in total. The van der Waals surface area contributed by atoms with Crippen molar-refractivity contribution in [2.24, 2.45) is 5.73 Å². The van der Waals surface area contributed by atoms with E-state index in [-0.39, 0.29) is 29.1 Å². The molecule has 0 aliphatic rings. The number of alkyl halides is 3. The third-order valence-electron chi connectivity index (χ3n) is 5.38. The van der Waals surface area contributed by atoms with E-state index in [4.69, 9.17) is 5.73 Å². The Morgan fingerprint density at radius 1 is 1.08 bits per heavy atom. The number of hydrogen-bond donors (Lipinski definition) is 2. The van der Waals surface area contributed by atoms with Crippen LogP contribution in [0.15, 0.2) is 48.5 Å². The number of benzene rings is 2. The fourth-order valence-corrected chi connectivity index (χ4v) is 3.70. The number of aryl methyl sites for hydroxylation is 1. The summed E-state index contributed by atoms with van der Waals surface area (Å²) >= 11 is 0. The summed E-state index contributed by atoms with van der Waals surface area (Å²) in [6.07, 6.45) is -4.78. The number of primary amides is 1. The van der Waals surface area contributed by atoms with Gasteiger partial charge in [-0.05, 0) is 49.7 Å². The highest BCUT2D eigenvalue weighted by Gasteiger charge is 2.31. The van der Waals surface area contributed by atoms with Crippen LogP contribution in [-0.4, -0.2) is 32.9 Å². The summed E-state index contributed by atoms with van der Waals surface area (Å²) in [4.78, 5) is 28.9. The lowest BCUT2D eigenvalue weighted by molar-refractivity contribution is -0.274. The third kappa shape index (κ3) is 5.27. The summed E-state index contributed by atoms with van der Waals surface area (Å²) < 4.78 is 56.3. The van der Waals surface area contributed by atoms with Gasteiger partial charge in [-0.3, -0.25) is 14.3 Å². The Labute approximate surface area is 201 Å². The van der Waals surface area contributed by atoms with Crippen LogP contribution < -0.4 is 15.8 Å². The van der Waals surface area contributed by atoms with Gasteiger partial charge >= 0.3 is 6.36 Å². The van der Waals surface area contributed by atoms with Crippen molar-refractivity contribution in [3.8, 4) is 5.75 Å². The number of amides is 2. The minimum absolute atomic E-state index is 0.0700. The number of carbonyl (C=O) groups excluding carboxylic acids is 2. The molecule has 12 heteroatoms. The molecule has 4 rings (SSSR count). The fraction of sp³-hybridized carbons (Fsp3) is 0.167. The van der Waals surface area contributed by atoms with Crippen LogP contribution in [0.3, 0.4) is 0 Å². The van der Waals surface area contributed by atoms with Crippen LogP contribution >= 0.6 is 0 Å². The van der Waals surface area contributed by atoms with Gasteiger partial charge in [0.05, 0.1) is 34.7 Å². The number of carbonyl (C=O) groups is 2. The lowest BCUT2D eigenvalue weighted by Crippen LogP contribution is -2.18. The van der Waals surface area contributed by atoms with Crippen molar-refractivity contribution in [2.75, 3.05) is 5.32 Å². The first-order chi connectivity index (χ1) is 16.9. The first-order valence-corrected chi connectivity index (χ1v) is 10.5. The molecule has 0 unspecified atom stereocenters. The molecule has 2 heterocycles. The average Bonchev–Trinajstić information content (AvgIpc) is 3.05. The zero-order chi connectivity index (χ0) is 26.2. The highest BCUT2D eigenvalue weighted by molar-refractivity contribution is 6.14. The molecule has 3 N–H and O–H groups in total. The number of nitrogens with one attached hydrogen (secondary N) is 1. The minimum Gasteiger partial charge on any atom is -0.406 e. The number of halogens is 4. The summed E-state index contributed by atoms with van der Waals surface area (Å²) in [7, 11) is 0. The summed E-state index contributed by atoms with van der Waals surface area (Å²) in [5.74, 6) is -2.39. The van der Waals surface area contributed by atoms with Gasteiger partial charge in [-0.1, -0.05) is 12.1 Å². The predicted octanol–water partition coefficient (Wildman–Crippen LogP) is 4.49. The number of fused-ring (bicyclic) bond motifs is 1. The second-order valence-corrected chi connectivity index (χ2v) is 7.93. The van der Waals surface area contributed by atoms with Crippen molar-refractivity contribution in [3.63, 3.8) is 0 Å². The zero-order valence-corrected chi connectivity index (χ0v) is 19.0. The van der Waals surface area contributed by atoms with E-state index < -0.39 is 24.0 Å². The van der Waals surface area contributed by atoms with E-state index in [2.05, 4.69) is 20.1 Å². The normalized spacial score (nSPS) is 11.5. The molecule has 2 amide bonds. The van der Waals surface area contributed by atoms with E-state index in [1.807, 2.05) is 0 Å². The second kappa shape index (κ2) is 9.29. The largest absolute Gasteiger partial charge is 0.573 e. The van der Waals surface area contributed by atoms with Crippen molar-refractivity contribution < 1.29 is 31.9 Å². The van der Waals surface area contributed by atoms with Crippen molar-refractivity contribution in [1.82, 2.24) is 14.8 Å². The van der Waals surface area contributed by atoms with Gasteiger partial charge in [-0.2, -0.15) is 5.10 Å². The van der Waals surface area contributed by atoms with E-state index in [0.29, 0.717) is 28.0 Å². The van der Waals surface area contributed by atoms with Crippen LogP contribution in [0.1, 0.15) is 37.8 Å². The topological polar surface area (TPSA) is 112 Å². The quantitative estimate of drug-likeness (QED) is 0.378. The Bertz CT molecular complexity index is 1480. The smallest absolute Gasteiger partial charge is 0.406 e. The summed E-state index contributed by atoms with van der Waals surface area (Å²) in [5.41, 5.74) is 7.42.